The van der Waals surface area contributed by atoms with Gasteiger partial charge in [0, 0.05) is 9.27 Å². The summed E-state index contributed by atoms with van der Waals surface area (Å²) < 4.78 is 0.650. The van der Waals surface area contributed by atoms with E-state index in [9.17, 15) is 9.59 Å². The maximum Gasteiger partial charge on any atom is 0.293 e. The maximum absolute atomic E-state index is 12.0. The molecule has 0 saturated heterocycles. The Morgan fingerprint density at radius 1 is 1.38 bits per heavy atom. The van der Waals surface area contributed by atoms with E-state index < -0.39 is 17.1 Å². The summed E-state index contributed by atoms with van der Waals surface area (Å²) in [6.45, 7) is 5.56. The summed E-state index contributed by atoms with van der Waals surface area (Å²) in [4.78, 5) is 23.5. The van der Waals surface area contributed by atoms with Crippen LogP contribution < -0.4 is 5.32 Å². The highest BCUT2D eigenvalue weighted by Crippen LogP contribution is 2.42. The minimum Gasteiger partial charge on any atom is -0.319 e. The van der Waals surface area contributed by atoms with Gasteiger partial charge in [-0.05, 0) is 41.1 Å². The molecule has 1 N–H and O–H groups in total. The fraction of sp³-hybridized carbons (Fsp3) is 0.167. The van der Waals surface area contributed by atoms with Gasteiger partial charge in [0.2, 0.25) is 5.78 Å². The monoisotopic (exact) mass is 327 g/mol. The quantitative estimate of drug-likeness (QED) is 0.636. The van der Waals surface area contributed by atoms with E-state index in [2.05, 4.69) is 11.9 Å². The molecule has 4 heteroatoms. The molecular weight excluding hydrogens is 317 g/mol. The molecule has 0 spiro atoms. The highest BCUT2D eigenvalue weighted by molar-refractivity contribution is 14.1. The van der Waals surface area contributed by atoms with Gasteiger partial charge in [-0.15, -0.1) is 0 Å². The molecule has 0 fully saturated rings. The van der Waals surface area contributed by atoms with Gasteiger partial charge in [0.1, 0.15) is 0 Å². The van der Waals surface area contributed by atoms with Crippen molar-refractivity contribution in [2.75, 3.05) is 5.32 Å². The molecule has 1 heterocycles. The topological polar surface area (TPSA) is 46.2 Å². The van der Waals surface area contributed by atoms with Gasteiger partial charge >= 0.3 is 0 Å². The average Bonchev–Trinajstić information content (AvgIpc) is 2.26. The molecule has 82 valence electrons. The standard InChI is InChI=1S/C12H10INO2/c1-7(13)12(2)8-5-3-4-6-9(8)14-11(16)10(12)15/h3-6H,1H2,2H3,(H,14,16). The van der Waals surface area contributed by atoms with Crippen molar-refractivity contribution in [2.24, 2.45) is 0 Å². The van der Waals surface area contributed by atoms with Crippen LogP contribution in [0, 0.1) is 0 Å². The van der Waals surface area contributed by atoms with Gasteiger partial charge in [-0.1, -0.05) is 24.8 Å². The number of nitrogens with one attached hydrogen (secondary N) is 1. The number of anilines is 1. The molecular formula is C12H10INO2. The van der Waals surface area contributed by atoms with Crippen LogP contribution >= 0.6 is 22.6 Å². The second-order valence-corrected chi connectivity index (χ2v) is 5.16. The number of fused-ring (bicyclic) bond motifs is 1. The van der Waals surface area contributed by atoms with Crippen LogP contribution in [0.25, 0.3) is 0 Å². The summed E-state index contributed by atoms with van der Waals surface area (Å²) >= 11 is 2.01. The highest BCUT2D eigenvalue weighted by atomic mass is 127. The smallest absolute Gasteiger partial charge is 0.293 e. The molecule has 1 aromatic rings. The van der Waals surface area contributed by atoms with Crippen LogP contribution in [0.5, 0.6) is 0 Å². The van der Waals surface area contributed by atoms with Crippen LogP contribution in [-0.2, 0) is 15.0 Å². The molecule has 2 rings (SSSR count). The molecule has 1 aromatic carbocycles. The van der Waals surface area contributed by atoms with Gasteiger partial charge in [-0.25, -0.2) is 0 Å². The maximum atomic E-state index is 12.0. The van der Waals surface area contributed by atoms with Gasteiger partial charge in [-0.3, -0.25) is 9.59 Å². The molecule has 1 aliphatic heterocycles. The lowest BCUT2D eigenvalue weighted by molar-refractivity contribution is -0.137. The van der Waals surface area contributed by atoms with Gasteiger partial charge < -0.3 is 5.32 Å². The van der Waals surface area contributed by atoms with Crippen molar-refractivity contribution < 1.29 is 9.59 Å². The summed E-state index contributed by atoms with van der Waals surface area (Å²) in [5.74, 6) is -1.02. The van der Waals surface area contributed by atoms with Crippen LogP contribution in [0.4, 0.5) is 5.69 Å². The minimum absolute atomic E-state index is 0.453. The lowest BCUT2D eigenvalue weighted by atomic mass is 9.75. The van der Waals surface area contributed by atoms with Gasteiger partial charge in [0.25, 0.3) is 5.91 Å². The number of carbonyl (C=O) groups is 2. The molecule has 0 bridgehead atoms. The number of ketones is 1. The molecule has 1 aliphatic rings. The first-order chi connectivity index (χ1) is 7.48. The SMILES string of the molecule is C=C(I)C1(C)C(=O)C(=O)Nc2ccccc21. The van der Waals surface area contributed by atoms with Crippen LogP contribution in [0.3, 0.4) is 0 Å². The highest BCUT2D eigenvalue weighted by Gasteiger charge is 2.45. The Kier molecular flexibility index (Phi) is 2.61. The van der Waals surface area contributed by atoms with Crippen molar-refractivity contribution in [3.8, 4) is 0 Å². The van der Waals surface area contributed by atoms with E-state index in [0.717, 1.165) is 5.56 Å². The predicted molar refractivity (Wildman–Crippen MR) is 70.6 cm³/mol. The van der Waals surface area contributed by atoms with E-state index in [1.807, 2.05) is 40.8 Å². The Morgan fingerprint density at radius 3 is 2.62 bits per heavy atom. The lowest BCUT2D eigenvalue weighted by Gasteiger charge is -2.33. The second-order valence-electron chi connectivity index (χ2n) is 3.86. The summed E-state index contributed by atoms with van der Waals surface area (Å²) in [7, 11) is 0. The molecule has 0 radical (unpaired) electrons. The van der Waals surface area contributed by atoms with E-state index in [0.29, 0.717) is 9.27 Å². The third-order valence-electron chi connectivity index (χ3n) is 2.92. The zero-order valence-electron chi connectivity index (χ0n) is 8.71. The van der Waals surface area contributed by atoms with Crippen molar-refractivity contribution in [3.63, 3.8) is 0 Å². The Bertz CT molecular complexity index is 509. The Labute approximate surface area is 107 Å². The molecule has 1 atom stereocenters. The van der Waals surface area contributed by atoms with E-state index in [1.165, 1.54) is 0 Å². The van der Waals surface area contributed by atoms with E-state index in [-0.39, 0.29) is 0 Å². The number of hydrogen-bond donors (Lipinski definition) is 1. The minimum atomic E-state index is -0.917. The third kappa shape index (κ3) is 1.40. The predicted octanol–water partition coefficient (Wildman–Crippen LogP) is 2.41. The van der Waals surface area contributed by atoms with E-state index in [4.69, 9.17) is 0 Å². The molecule has 0 aliphatic carbocycles. The summed E-state index contributed by atoms with van der Waals surface area (Å²) in [5, 5.41) is 2.59. The number of para-hydroxylation sites is 1. The molecule has 1 amide bonds. The Hall–Kier alpha value is -1.17. The molecule has 1 unspecified atom stereocenters. The molecule has 0 saturated carbocycles. The summed E-state index contributed by atoms with van der Waals surface area (Å²) in [6.07, 6.45) is 0. The number of hydrogen-bond acceptors (Lipinski definition) is 2. The second kappa shape index (κ2) is 3.69. The van der Waals surface area contributed by atoms with Crippen LogP contribution in [0.15, 0.2) is 34.4 Å². The van der Waals surface area contributed by atoms with Gasteiger partial charge in [0.05, 0.1) is 5.41 Å². The number of rotatable bonds is 1. The fourth-order valence-corrected chi connectivity index (χ4v) is 2.36. The summed E-state index contributed by atoms with van der Waals surface area (Å²) in [6, 6.07) is 7.31. The van der Waals surface area contributed by atoms with Crippen LogP contribution in [0.1, 0.15) is 12.5 Å². The Balaban J connectivity index is 2.73. The first-order valence-corrected chi connectivity index (χ1v) is 5.86. The van der Waals surface area contributed by atoms with Crippen LogP contribution in [0.2, 0.25) is 0 Å². The zero-order valence-corrected chi connectivity index (χ0v) is 10.9. The number of amides is 1. The van der Waals surface area contributed by atoms with Crippen molar-refractivity contribution >= 4 is 40.0 Å². The molecule has 16 heavy (non-hydrogen) atoms. The lowest BCUT2D eigenvalue weighted by Crippen LogP contribution is -2.45. The van der Waals surface area contributed by atoms with E-state index in [1.54, 1.807) is 13.0 Å². The Morgan fingerprint density at radius 2 is 2.00 bits per heavy atom. The number of Topliss-reactive ketones (excluding diaryl/α,β-unsaturated/α-hetero) is 1. The molecule has 0 aromatic heterocycles. The number of halogens is 1. The third-order valence-corrected chi connectivity index (χ3v) is 4.00. The number of benzene rings is 1. The van der Waals surface area contributed by atoms with Gasteiger partial charge in [-0.2, -0.15) is 0 Å². The van der Waals surface area contributed by atoms with Crippen LogP contribution in [-0.4, -0.2) is 11.7 Å². The van der Waals surface area contributed by atoms with Crippen molar-refractivity contribution in [3.05, 3.63) is 40.0 Å². The first-order valence-electron chi connectivity index (χ1n) is 4.78. The van der Waals surface area contributed by atoms with Crippen molar-refractivity contribution in [1.29, 1.82) is 0 Å². The van der Waals surface area contributed by atoms with E-state index >= 15 is 0 Å². The number of carbonyl (C=O) groups excluding carboxylic acids is 2. The largest absolute Gasteiger partial charge is 0.319 e. The number of allylic oxidation sites excluding steroid dienone is 1. The summed E-state index contributed by atoms with van der Waals surface area (Å²) in [5.41, 5.74) is 0.575. The normalized spacial score (nSPS) is 23.6. The van der Waals surface area contributed by atoms with Gasteiger partial charge in [0.15, 0.2) is 0 Å². The average molecular weight is 327 g/mol. The first kappa shape index (κ1) is 11.3. The van der Waals surface area contributed by atoms with Crippen molar-refractivity contribution in [2.45, 2.75) is 12.3 Å². The van der Waals surface area contributed by atoms with Crippen molar-refractivity contribution in [1.82, 2.24) is 0 Å². The molecule has 3 nitrogen and oxygen atoms in total. The zero-order chi connectivity index (χ0) is 11.9. The fourth-order valence-electron chi connectivity index (χ4n) is 1.83.